The summed E-state index contributed by atoms with van der Waals surface area (Å²) < 4.78 is 7.16. The van der Waals surface area contributed by atoms with Crippen molar-refractivity contribution in [3.05, 3.63) is 53.3 Å². The van der Waals surface area contributed by atoms with Crippen molar-refractivity contribution in [1.82, 2.24) is 20.0 Å². The maximum Gasteiger partial charge on any atom is 0.227 e. The lowest BCUT2D eigenvalue weighted by Crippen LogP contribution is -2.38. The first-order chi connectivity index (χ1) is 14.9. The first-order valence-corrected chi connectivity index (χ1v) is 10.5. The fourth-order valence-corrected chi connectivity index (χ4v) is 3.99. The average Bonchev–Trinajstić information content (AvgIpc) is 3.12. The van der Waals surface area contributed by atoms with Crippen LogP contribution in [0.25, 0.3) is 5.82 Å². The molecule has 0 unspecified atom stereocenters. The van der Waals surface area contributed by atoms with E-state index in [9.17, 15) is 4.79 Å². The number of aryl methyl sites for hydroxylation is 3. The van der Waals surface area contributed by atoms with Crippen LogP contribution in [0.2, 0.25) is 0 Å². The molecular weight excluding hydrogens is 392 g/mol. The van der Waals surface area contributed by atoms with Crippen LogP contribution >= 0.6 is 0 Å². The van der Waals surface area contributed by atoms with Gasteiger partial charge in [0.15, 0.2) is 11.6 Å². The van der Waals surface area contributed by atoms with E-state index in [1.54, 1.807) is 11.8 Å². The van der Waals surface area contributed by atoms with E-state index in [4.69, 9.17) is 4.74 Å². The van der Waals surface area contributed by atoms with Crippen LogP contribution in [0.5, 0.6) is 5.75 Å². The third-order valence-corrected chi connectivity index (χ3v) is 5.67. The molecule has 162 valence electrons. The van der Waals surface area contributed by atoms with Gasteiger partial charge in [0, 0.05) is 24.7 Å². The Balaban J connectivity index is 1.37. The molecule has 0 saturated carbocycles. The number of methoxy groups -OCH3 is 1. The number of carbonyl (C=O) groups excluding carboxylic acids is 1. The molecule has 0 radical (unpaired) electrons. The summed E-state index contributed by atoms with van der Waals surface area (Å²) in [6.45, 7) is 7.47. The van der Waals surface area contributed by atoms with Crippen LogP contribution in [-0.2, 0) is 4.79 Å². The van der Waals surface area contributed by atoms with Crippen LogP contribution in [0, 0.1) is 26.7 Å². The highest BCUT2D eigenvalue weighted by Gasteiger charge is 2.26. The molecule has 1 amide bonds. The van der Waals surface area contributed by atoms with Gasteiger partial charge in [0.1, 0.15) is 5.75 Å². The summed E-state index contributed by atoms with van der Waals surface area (Å²) in [5.41, 5.74) is 3.78. The molecule has 1 aliphatic heterocycles. The summed E-state index contributed by atoms with van der Waals surface area (Å²) in [4.78, 5) is 15.0. The molecule has 3 aromatic rings. The third kappa shape index (κ3) is 4.52. The van der Waals surface area contributed by atoms with Crippen molar-refractivity contribution in [2.75, 3.05) is 30.4 Å². The van der Waals surface area contributed by atoms with Crippen molar-refractivity contribution < 1.29 is 9.53 Å². The van der Waals surface area contributed by atoms with Gasteiger partial charge in [-0.3, -0.25) is 4.79 Å². The van der Waals surface area contributed by atoms with Gasteiger partial charge in [-0.15, -0.1) is 10.2 Å². The van der Waals surface area contributed by atoms with E-state index in [1.807, 2.05) is 57.2 Å². The zero-order valence-electron chi connectivity index (χ0n) is 18.4. The number of hydrogen-bond acceptors (Lipinski definition) is 6. The lowest BCUT2D eigenvalue weighted by atomic mass is 9.95. The SMILES string of the molecule is COc1ccc(C)cc1NC(=O)C1CCN(c2ccc(-n3nc(C)cc3C)nn2)CC1. The molecular formula is C23H28N6O2. The standard InChI is InChI=1S/C23H28N6O2/c1-15-5-6-20(31-4)19(13-15)24-23(30)18-9-11-28(12-10-18)21-7-8-22(26-25-21)29-17(3)14-16(2)27-29/h5-8,13-14,18H,9-12H2,1-4H3,(H,24,30). The molecule has 0 atom stereocenters. The van der Waals surface area contributed by atoms with Crippen molar-refractivity contribution in [1.29, 1.82) is 0 Å². The zero-order chi connectivity index (χ0) is 22.0. The Labute approximate surface area is 182 Å². The van der Waals surface area contributed by atoms with Gasteiger partial charge in [-0.1, -0.05) is 6.07 Å². The summed E-state index contributed by atoms with van der Waals surface area (Å²) >= 11 is 0. The van der Waals surface area contributed by atoms with Crippen LogP contribution in [0.3, 0.4) is 0 Å². The average molecular weight is 421 g/mol. The lowest BCUT2D eigenvalue weighted by Gasteiger charge is -2.32. The number of piperidine rings is 1. The Morgan fingerprint density at radius 2 is 1.74 bits per heavy atom. The Morgan fingerprint density at radius 1 is 1.03 bits per heavy atom. The Morgan fingerprint density at radius 3 is 2.35 bits per heavy atom. The van der Waals surface area contributed by atoms with Gasteiger partial charge in [0.2, 0.25) is 5.91 Å². The second kappa shape index (κ2) is 8.75. The van der Waals surface area contributed by atoms with E-state index < -0.39 is 0 Å². The summed E-state index contributed by atoms with van der Waals surface area (Å²) in [5, 5.41) is 16.2. The smallest absolute Gasteiger partial charge is 0.227 e. The van der Waals surface area contributed by atoms with Gasteiger partial charge in [-0.25, -0.2) is 4.68 Å². The predicted molar refractivity (Wildman–Crippen MR) is 120 cm³/mol. The highest BCUT2D eigenvalue weighted by Crippen LogP contribution is 2.28. The minimum atomic E-state index is -0.0385. The van der Waals surface area contributed by atoms with E-state index in [0.717, 1.165) is 54.4 Å². The molecule has 1 fully saturated rings. The number of anilines is 2. The molecule has 0 aliphatic carbocycles. The number of hydrogen-bond donors (Lipinski definition) is 1. The van der Waals surface area contributed by atoms with E-state index in [-0.39, 0.29) is 11.8 Å². The monoisotopic (exact) mass is 420 g/mol. The molecule has 0 spiro atoms. The minimum Gasteiger partial charge on any atom is -0.495 e. The molecule has 1 aromatic carbocycles. The molecule has 2 aromatic heterocycles. The van der Waals surface area contributed by atoms with Crippen LogP contribution in [0.1, 0.15) is 29.8 Å². The second-order valence-corrected chi connectivity index (χ2v) is 8.04. The van der Waals surface area contributed by atoms with Crippen LogP contribution < -0.4 is 15.0 Å². The number of carbonyl (C=O) groups is 1. The molecule has 3 heterocycles. The molecule has 8 heteroatoms. The Hall–Kier alpha value is -3.42. The zero-order valence-corrected chi connectivity index (χ0v) is 18.4. The molecule has 8 nitrogen and oxygen atoms in total. The van der Waals surface area contributed by atoms with Crippen molar-refractivity contribution in [3.8, 4) is 11.6 Å². The number of ether oxygens (including phenoxy) is 1. The van der Waals surface area contributed by atoms with E-state index in [0.29, 0.717) is 11.6 Å². The fourth-order valence-electron chi connectivity index (χ4n) is 3.99. The van der Waals surface area contributed by atoms with Crippen LogP contribution in [0.4, 0.5) is 11.5 Å². The number of benzene rings is 1. The highest BCUT2D eigenvalue weighted by molar-refractivity contribution is 5.94. The molecule has 4 rings (SSSR count). The number of nitrogens with zero attached hydrogens (tertiary/aromatic N) is 5. The Kier molecular flexibility index (Phi) is 5.88. The van der Waals surface area contributed by atoms with E-state index in [1.165, 1.54) is 0 Å². The van der Waals surface area contributed by atoms with Crippen molar-refractivity contribution >= 4 is 17.4 Å². The van der Waals surface area contributed by atoms with Crippen molar-refractivity contribution in [2.45, 2.75) is 33.6 Å². The molecule has 1 aliphatic rings. The molecule has 1 saturated heterocycles. The maximum absolute atomic E-state index is 12.8. The van der Waals surface area contributed by atoms with Gasteiger partial charge >= 0.3 is 0 Å². The number of amides is 1. The van der Waals surface area contributed by atoms with Crippen molar-refractivity contribution in [2.24, 2.45) is 5.92 Å². The summed E-state index contributed by atoms with van der Waals surface area (Å²) in [6, 6.07) is 11.7. The van der Waals surface area contributed by atoms with Crippen LogP contribution in [-0.4, -0.2) is 46.1 Å². The summed E-state index contributed by atoms with van der Waals surface area (Å²) in [6.07, 6.45) is 1.53. The fraction of sp³-hybridized carbons (Fsp3) is 0.391. The normalized spacial score (nSPS) is 14.5. The number of nitrogens with one attached hydrogen (secondary N) is 1. The first kappa shape index (κ1) is 20.8. The number of rotatable bonds is 5. The first-order valence-electron chi connectivity index (χ1n) is 10.5. The van der Waals surface area contributed by atoms with Crippen LogP contribution in [0.15, 0.2) is 36.4 Å². The van der Waals surface area contributed by atoms with Gasteiger partial charge < -0.3 is 15.0 Å². The molecule has 31 heavy (non-hydrogen) atoms. The largest absolute Gasteiger partial charge is 0.495 e. The van der Waals surface area contributed by atoms with Crippen molar-refractivity contribution in [3.63, 3.8) is 0 Å². The Bertz CT molecular complexity index is 1070. The van der Waals surface area contributed by atoms with Gasteiger partial charge in [0.25, 0.3) is 0 Å². The number of aromatic nitrogens is 4. The highest BCUT2D eigenvalue weighted by atomic mass is 16.5. The third-order valence-electron chi connectivity index (χ3n) is 5.67. The van der Waals surface area contributed by atoms with E-state index >= 15 is 0 Å². The minimum absolute atomic E-state index is 0.0366. The predicted octanol–water partition coefficient (Wildman–Crippen LogP) is 3.45. The maximum atomic E-state index is 12.8. The summed E-state index contributed by atoms with van der Waals surface area (Å²) in [5.74, 6) is 2.20. The van der Waals surface area contributed by atoms with Gasteiger partial charge in [-0.05, 0) is 69.5 Å². The second-order valence-electron chi connectivity index (χ2n) is 8.04. The topological polar surface area (TPSA) is 85.2 Å². The lowest BCUT2D eigenvalue weighted by molar-refractivity contribution is -0.120. The molecule has 0 bridgehead atoms. The quantitative estimate of drug-likeness (QED) is 0.681. The van der Waals surface area contributed by atoms with E-state index in [2.05, 4.69) is 25.5 Å². The summed E-state index contributed by atoms with van der Waals surface area (Å²) in [7, 11) is 1.61. The molecule has 1 N–H and O–H groups in total. The van der Waals surface area contributed by atoms with Gasteiger partial charge in [0.05, 0.1) is 18.5 Å². The van der Waals surface area contributed by atoms with Gasteiger partial charge in [-0.2, -0.15) is 5.10 Å².